The fraction of sp³-hybridized carbons (Fsp3) is 0.357. The van der Waals surface area contributed by atoms with Crippen LogP contribution in [0.4, 0.5) is 15.6 Å². The zero-order valence-corrected chi connectivity index (χ0v) is 12.4. The summed E-state index contributed by atoms with van der Waals surface area (Å²) in [7, 11) is 0. The molecule has 1 aliphatic rings. The van der Waals surface area contributed by atoms with E-state index in [4.69, 9.17) is 0 Å². The van der Waals surface area contributed by atoms with Gasteiger partial charge in [0.2, 0.25) is 5.13 Å². The Kier molecular flexibility index (Phi) is 4.30. The van der Waals surface area contributed by atoms with Gasteiger partial charge >= 0.3 is 6.03 Å². The Bertz CT molecular complexity index is 601. The molecule has 0 saturated heterocycles. The van der Waals surface area contributed by atoms with Gasteiger partial charge in [-0.25, -0.2) is 4.79 Å². The number of fused-ring (bicyclic) bond motifs is 1. The fourth-order valence-electron chi connectivity index (χ4n) is 2.52. The van der Waals surface area contributed by atoms with Gasteiger partial charge in [0.1, 0.15) is 5.51 Å². The van der Waals surface area contributed by atoms with E-state index >= 15 is 0 Å². The summed E-state index contributed by atoms with van der Waals surface area (Å²) in [4.78, 5) is 14.0. The van der Waals surface area contributed by atoms with E-state index in [2.05, 4.69) is 50.0 Å². The summed E-state index contributed by atoms with van der Waals surface area (Å²) in [6.45, 7) is 2.44. The number of rotatable bonds is 4. The summed E-state index contributed by atoms with van der Waals surface area (Å²) >= 11 is 1.30. The van der Waals surface area contributed by atoms with Gasteiger partial charge in [-0.15, -0.1) is 10.2 Å². The average Bonchev–Trinajstić information content (AvgIpc) is 3.00. The summed E-state index contributed by atoms with van der Waals surface area (Å²) in [5.41, 5.74) is 4.26. The van der Waals surface area contributed by atoms with Crippen molar-refractivity contribution >= 4 is 28.2 Å². The van der Waals surface area contributed by atoms with Crippen LogP contribution in [0.25, 0.3) is 0 Å². The quantitative estimate of drug-likeness (QED) is 0.907. The molecule has 0 unspecified atom stereocenters. The van der Waals surface area contributed by atoms with Crippen LogP contribution in [-0.2, 0) is 6.42 Å². The lowest BCUT2D eigenvalue weighted by molar-refractivity contribution is 0.252. The van der Waals surface area contributed by atoms with Crippen molar-refractivity contribution in [3.8, 4) is 0 Å². The van der Waals surface area contributed by atoms with Gasteiger partial charge in [-0.05, 0) is 24.5 Å². The molecule has 0 aliphatic carbocycles. The summed E-state index contributed by atoms with van der Waals surface area (Å²) in [5.74, 6) is 0. The van der Waals surface area contributed by atoms with Crippen molar-refractivity contribution in [2.75, 3.05) is 29.9 Å². The molecule has 2 N–H and O–H groups in total. The Morgan fingerprint density at radius 3 is 3.14 bits per heavy atom. The molecular formula is C14H17N5OS. The lowest BCUT2D eigenvalue weighted by atomic mass is 10.0. The highest BCUT2D eigenvalue weighted by Crippen LogP contribution is 2.25. The first-order chi connectivity index (χ1) is 10.3. The van der Waals surface area contributed by atoms with Crippen LogP contribution in [0, 0.1) is 0 Å². The van der Waals surface area contributed by atoms with Crippen LogP contribution in [0.2, 0.25) is 0 Å². The number of nitrogens with zero attached hydrogens (tertiary/aromatic N) is 3. The molecule has 7 heteroatoms. The number of nitrogens with one attached hydrogen (secondary N) is 2. The summed E-state index contributed by atoms with van der Waals surface area (Å²) < 4.78 is 0. The summed E-state index contributed by atoms with van der Waals surface area (Å²) in [6.07, 6.45) is 2.30. The van der Waals surface area contributed by atoms with E-state index in [1.807, 2.05) is 0 Å². The normalized spacial score (nSPS) is 13.6. The molecular weight excluding hydrogens is 286 g/mol. The molecule has 0 atom stereocenters. The van der Waals surface area contributed by atoms with Crippen molar-refractivity contribution in [1.82, 2.24) is 15.5 Å². The highest BCUT2D eigenvalue weighted by atomic mass is 32.1. The molecule has 2 amide bonds. The number of carbonyl (C=O) groups excluding carboxylic acids is 1. The molecule has 3 rings (SSSR count). The number of amides is 2. The molecule has 0 spiro atoms. The highest BCUT2D eigenvalue weighted by Gasteiger charge is 2.15. The molecule has 110 valence electrons. The van der Waals surface area contributed by atoms with Crippen LogP contribution < -0.4 is 15.5 Å². The summed E-state index contributed by atoms with van der Waals surface area (Å²) in [5, 5.41) is 13.5. The lowest BCUT2D eigenvalue weighted by Gasteiger charge is -2.31. The van der Waals surface area contributed by atoms with Crippen molar-refractivity contribution in [1.29, 1.82) is 0 Å². The van der Waals surface area contributed by atoms with Gasteiger partial charge in [-0.2, -0.15) is 0 Å². The molecule has 0 radical (unpaired) electrons. The van der Waals surface area contributed by atoms with Crippen LogP contribution >= 0.6 is 11.3 Å². The Balaban J connectivity index is 1.49. The smallest absolute Gasteiger partial charge is 0.321 e. The minimum Gasteiger partial charge on any atom is -0.370 e. The van der Waals surface area contributed by atoms with Crippen LogP contribution in [0.1, 0.15) is 12.0 Å². The first kappa shape index (κ1) is 13.8. The monoisotopic (exact) mass is 303 g/mol. The molecule has 6 nitrogen and oxygen atoms in total. The molecule has 2 aromatic rings. The number of hydrogen-bond acceptors (Lipinski definition) is 5. The Labute approximate surface area is 127 Å². The van der Waals surface area contributed by atoms with E-state index in [1.165, 1.54) is 22.6 Å². The maximum Gasteiger partial charge on any atom is 0.321 e. The Hall–Kier alpha value is -2.15. The standard InChI is InChI=1S/C14H17N5OS/c20-13(17-14-18-16-10-21-14)15-7-9-19-8-3-5-11-4-1-2-6-12(11)19/h1-2,4,6,10H,3,5,7-9H2,(H2,15,17,18,20). The molecule has 1 aliphatic heterocycles. The summed E-state index contributed by atoms with van der Waals surface area (Å²) in [6, 6.07) is 8.23. The molecule has 1 aromatic carbocycles. The molecule has 1 aromatic heterocycles. The van der Waals surface area contributed by atoms with Gasteiger partial charge in [0, 0.05) is 25.3 Å². The van der Waals surface area contributed by atoms with Crippen molar-refractivity contribution in [3.63, 3.8) is 0 Å². The number of para-hydroxylation sites is 1. The van der Waals surface area contributed by atoms with E-state index in [0.717, 1.165) is 25.9 Å². The van der Waals surface area contributed by atoms with Gasteiger partial charge in [0.15, 0.2) is 0 Å². The zero-order chi connectivity index (χ0) is 14.5. The molecule has 0 saturated carbocycles. The van der Waals surface area contributed by atoms with Crippen molar-refractivity contribution in [3.05, 3.63) is 35.3 Å². The topological polar surface area (TPSA) is 70.2 Å². The third-order valence-corrected chi connectivity index (χ3v) is 4.06. The molecule has 2 heterocycles. The largest absolute Gasteiger partial charge is 0.370 e. The number of carbonyl (C=O) groups is 1. The third-order valence-electron chi connectivity index (χ3n) is 3.45. The molecule has 21 heavy (non-hydrogen) atoms. The van der Waals surface area contributed by atoms with E-state index in [9.17, 15) is 4.79 Å². The van der Waals surface area contributed by atoms with Gasteiger partial charge < -0.3 is 10.2 Å². The molecule has 0 bridgehead atoms. The fourth-order valence-corrected chi connectivity index (χ4v) is 2.96. The van der Waals surface area contributed by atoms with Gasteiger partial charge in [0.05, 0.1) is 0 Å². The van der Waals surface area contributed by atoms with Gasteiger partial charge in [0.25, 0.3) is 0 Å². The van der Waals surface area contributed by atoms with Crippen molar-refractivity contribution in [2.24, 2.45) is 0 Å². The predicted molar refractivity (Wildman–Crippen MR) is 83.9 cm³/mol. The first-order valence-corrected chi connectivity index (χ1v) is 7.85. The van der Waals surface area contributed by atoms with Gasteiger partial charge in [-0.1, -0.05) is 29.5 Å². The zero-order valence-electron chi connectivity index (χ0n) is 11.6. The number of aromatic nitrogens is 2. The number of urea groups is 1. The third kappa shape index (κ3) is 3.49. The lowest BCUT2D eigenvalue weighted by Crippen LogP contribution is -2.39. The number of hydrogen-bond donors (Lipinski definition) is 2. The van der Waals surface area contributed by atoms with E-state index in [1.54, 1.807) is 5.51 Å². The second kappa shape index (κ2) is 6.53. The van der Waals surface area contributed by atoms with Gasteiger partial charge in [-0.3, -0.25) is 5.32 Å². The van der Waals surface area contributed by atoms with E-state index in [0.29, 0.717) is 11.7 Å². The number of anilines is 2. The molecule has 0 fully saturated rings. The van der Waals surface area contributed by atoms with E-state index < -0.39 is 0 Å². The highest BCUT2D eigenvalue weighted by molar-refractivity contribution is 7.13. The second-order valence-corrected chi connectivity index (χ2v) is 5.68. The minimum absolute atomic E-state index is 0.239. The minimum atomic E-state index is -0.239. The van der Waals surface area contributed by atoms with Crippen molar-refractivity contribution < 1.29 is 4.79 Å². The van der Waals surface area contributed by atoms with E-state index in [-0.39, 0.29) is 6.03 Å². The number of aryl methyl sites for hydroxylation is 1. The Morgan fingerprint density at radius 1 is 1.38 bits per heavy atom. The predicted octanol–water partition coefficient (Wildman–Crippen LogP) is 2.11. The van der Waals surface area contributed by atoms with Crippen LogP contribution in [0.5, 0.6) is 0 Å². The SMILES string of the molecule is O=C(NCCN1CCCc2ccccc21)Nc1nncs1. The van der Waals surface area contributed by atoms with Crippen LogP contribution in [0.15, 0.2) is 29.8 Å². The average molecular weight is 303 g/mol. The van der Waals surface area contributed by atoms with Crippen molar-refractivity contribution in [2.45, 2.75) is 12.8 Å². The maximum atomic E-state index is 11.7. The second-order valence-electron chi connectivity index (χ2n) is 4.84. The number of benzene rings is 1. The Morgan fingerprint density at radius 2 is 2.29 bits per heavy atom. The first-order valence-electron chi connectivity index (χ1n) is 6.97. The van der Waals surface area contributed by atoms with Crippen LogP contribution in [0.3, 0.4) is 0 Å². The maximum absolute atomic E-state index is 11.7. The van der Waals surface area contributed by atoms with Crippen LogP contribution in [-0.4, -0.2) is 35.9 Å².